The zero-order chi connectivity index (χ0) is 17.3. The molecule has 2 aromatic heterocycles. The lowest BCUT2D eigenvalue weighted by Crippen LogP contribution is -2.12. The monoisotopic (exact) mass is 327 g/mol. The first kappa shape index (κ1) is 15.7. The smallest absolute Gasteiger partial charge is 0.224 e. The fraction of sp³-hybridized carbons (Fsp3) is 0.200. The lowest BCUT2D eigenvalue weighted by atomic mass is 10.1. The van der Waals surface area contributed by atoms with Gasteiger partial charge in [-0.3, -0.25) is 0 Å². The average Bonchev–Trinajstić information content (AvgIpc) is 2.52. The molecule has 124 valence electrons. The molecular formula is C15H17N7O2. The highest BCUT2D eigenvalue weighted by molar-refractivity contribution is 5.87. The van der Waals surface area contributed by atoms with E-state index in [1.54, 1.807) is 31.2 Å². The topological polar surface area (TPSA) is 159 Å². The number of aliphatic hydroxyl groups is 1. The number of benzene rings is 1. The molecular weight excluding hydrogens is 310 g/mol. The van der Waals surface area contributed by atoms with Gasteiger partial charge in [0, 0.05) is 5.56 Å². The van der Waals surface area contributed by atoms with E-state index in [9.17, 15) is 5.11 Å². The molecule has 0 aliphatic carbocycles. The third-order valence-electron chi connectivity index (χ3n) is 3.22. The largest absolute Gasteiger partial charge is 0.491 e. The second-order valence-electron chi connectivity index (χ2n) is 5.28. The Morgan fingerprint density at radius 2 is 1.71 bits per heavy atom. The molecule has 0 amide bonds. The van der Waals surface area contributed by atoms with Crippen LogP contribution in [-0.4, -0.2) is 37.8 Å². The summed E-state index contributed by atoms with van der Waals surface area (Å²) in [5.74, 6) is 0.990. The van der Waals surface area contributed by atoms with Crippen molar-refractivity contribution in [3.05, 3.63) is 24.3 Å². The van der Waals surface area contributed by atoms with Gasteiger partial charge >= 0.3 is 0 Å². The van der Waals surface area contributed by atoms with Gasteiger partial charge in [0.25, 0.3) is 0 Å². The highest BCUT2D eigenvalue weighted by Gasteiger charge is 2.13. The van der Waals surface area contributed by atoms with Gasteiger partial charge in [-0.05, 0) is 31.2 Å². The number of fused-ring (bicyclic) bond motifs is 1. The van der Waals surface area contributed by atoms with Crippen LogP contribution in [-0.2, 0) is 0 Å². The van der Waals surface area contributed by atoms with E-state index in [0.29, 0.717) is 17.0 Å². The molecule has 3 rings (SSSR count). The number of aromatic nitrogens is 4. The van der Waals surface area contributed by atoms with Crippen molar-refractivity contribution in [2.75, 3.05) is 23.8 Å². The number of aliphatic hydroxyl groups excluding tert-OH is 1. The Morgan fingerprint density at radius 1 is 1.00 bits per heavy atom. The van der Waals surface area contributed by atoms with Crippen molar-refractivity contribution >= 4 is 28.7 Å². The van der Waals surface area contributed by atoms with Crippen LogP contribution in [0.3, 0.4) is 0 Å². The Morgan fingerprint density at radius 3 is 2.38 bits per heavy atom. The molecule has 9 nitrogen and oxygen atoms in total. The van der Waals surface area contributed by atoms with Crippen LogP contribution in [0.25, 0.3) is 22.4 Å². The van der Waals surface area contributed by atoms with Gasteiger partial charge in [-0.15, -0.1) is 0 Å². The number of ether oxygens (including phenoxy) is 1. The molecule has 9 heteroatoms. The number of rotatable bonds is 4. The van der Waals surface area contributed by atoms with Crippen molar-refractivity contribution < 1.29 is 9.84 Å². The van der Waals surface area contributed by atoms with E-state index in [2.05, 4.69) is 19.9 Å². The van der Waals surface area contributed by atoms with Crippen molar-refractivity contribution in [3.8, 4) is 17.0 Å². The van der Waals surface area contributed by atoms with Gasteiger partial charge in [0.2, 0.25) is 5.95 Å². The summed E-state index contributed by atoms with van der Waals surface area (Å²) >= 11 is 0. The van der Waals surface area contributed by atoms with Crippen LogP contribution in [0.4, 0.5) is 17.6 Å². The molecule has 1 atom stereocenters. The molecule has 1 unspecified atom stereocenters. The molecule has 3 aromatic rings. The molecule has 2 heterocycles. The van der Waals surface area contributed by atoms with E-state index in [-0.39, 0.29) is 29.8 Å². The normalized spacial score (nSPS) is 12.2. The summed E-state index contributed by atoms with van der Waals surface area (Å²) in [5, 5.41) is 9.24. The van der Waals surface area contributed by atoms with Crippen molar-refractivity contribution in [1.29, 1.82) is 0 Å². The quantitative estimate of drug-likeness (QED) is 0.537. The average molecular weight is 327 g/mol. The standard InChI is InChI=1S/C15H17N7O2/c1-7(23)6-24-9-4-2-8(3-5-9)10-12(16)20-14-11(19-10)13(17)21-15(18)22-14/h2-5,7,23H,6H2,1H3,(H6,16,17,18,20,21,22). The first-order chi connectivity index (χ1) is 11.4. The highest BCUT2D eigenvalue weighted by Crippen LogP contribution is 2.27. The molecule has 0 bridgehead atoms. The first-order valence-electron chi connectivity index (χ1n) is 7.21. The summed E-state index contributed by atoms with van der Waals surface area (Å²) in [7, 11) is 0. The van der Waals surface area contributed by atoms with Crippen LogP contribution in [0.15, 0.2) is 24.3 Å². The third kappa shape index (κ3) is 3.10. The maximum absolute atomic E-state index is 9.24. The minimum absolute atomic E-state index is 0.0149. The molecule has 1 aromatic carbocycles. The molecule has 0 radical (unpaired) electrons. The minimum Gasteiger partial charge on any atom is -0.491 e. The molecule has 0 saturated heterocycles. The Hall–Kier alpha value is -3.20. The molecule has 0 saturated carbocycles. The van der Waals surface area contributed by atoms with E-state index in [1.165, 1.54) is 0 Å². The summed E-state index contributed by atoms with van der Waals surface area (Å²) in [6.45, 7) is 1.87. The lowest BCUT2D eigenvalue weighted by Gasteiger charge is -2.10. The number of hydrogen-bond donors (Lipinski definition) is 4. The van der Waals surface area contributed by atoms with Gasteiger partial charge in [-0.25, -0.2) is 9.97 Å². The summed E-state index contributed by atoms with van der Waals surface area (Å²) in [5.41, 5.74) is 19.1. The Kier molecular flexibility index (Phi) is 4.00. The summed E-state index contributed by atoms with van der Waals surface area (Å²) in [6.07, 6.45) is -0.540. The molecule has 0 aliphatic heterocycles. The third-order valence-corrected chi connectivity index (χ3v) is 3.22. The van der Waals surface area contributed by atoms with E-state index in [4.69, 9.17) is 21.9 Å². The van der Waals surface area contributed by atoms with Gasteiger partial charge in [0.1, 0.15) is 18.1 Å². The second kappa shape index (κ2) is 6.13. The van der Waals surface area contributed by atoms with Gasteiger partial charge < -0.3 is 27.0 Å². The Bertz CT molecular complexity index is 881. The van der Waals surface area contributed by atoms with Crippen LogP contribution >= 0.6 is 0 Å². The van der Waals surface area contributed by atoms with Crippen LogP contribution in [0.5, 0.6) is 5.75 Å². The maximum atomic E-state index is 9.24. The fourth-order valence-corrected chi connectivity index (χ4v) is 2.14. The predicted molar refractivity (Wildman–Crippen MR) is 91.0 cm³/mol. The van der Waals surface area contributed by atoms with Gasteiger partial charge in [-0.2, -0.15) is 9.97 Å². The van der Waals surface area contributed by atoms with Crippen LogP contribution < -0.4 is 21.9 Å². The van der Waals surface area contributed by atoms with Crippen LogP contribution in [0.1, 0.15) is 6.92 Å². The number of nitrogens with zero attached hydrogens (tertiary/aromatic N) is 4. The van der Waals surface area contributed by atoms with Crippen LogP contribution in [0, 0.1) is 0 Å². The Balaban J connectivity index is 1.98. The summed E-state index contributed by atoms with van der Waals surface area (Å²) in [6, 6.07) is 7.09. The predicted octanol–water partition coefficient (Wildman–Crippen LogP) is 0.593. The number of hydrogen-bond acceptors (Lipinski definition) is 9. The van der Waals surface area contributed by atoms with Crippen molar-refractivity contribution in [2.45, 2.75) is 13.0 Å². The molecule has 0 fully saturated rings. The summed E-state index contributed by atoms with van der Waals surface area (Å²) < 4.78 is 5.42. The maximum Gasteiger partial charge on any atom is 0.224 e. The van der Waals surface area contributed by atoms with E-state index in [1.807, 2.05) is 0 Å². The fourth-order valence-electron chi connectivity index (χ4n) is 2.14. The zero-order valence-electron chi connectivity index (χ0n) is 13.0. The van der Waals surface area contributed by atoms with Crippen molar-refractivity contribution in [1.82, 2.24) is 19.9 Å². The number of nitrogen functional groups attached to an aromatic ring is 3. The lowest BCUT2D eigenvalue weighted by molar-refractivity contribution is 0.123. The number of nitrogens with two attached hydrogens (primary N) is 3. The molecule has 24 heavy (non-hydrogen) atoms. The minimum atomic E-state index is -0.540. The second-order valence-corrected chi connectivity index (χ2v) is 5.28. The first-order valence-corrected chi connectivity index (χ1v) is 7.21. The van der Waals surface area contributed by atoms with Gasteiger partial charge in [-0.1, -0.05) is 0 Å². The highest BCUT2D eigenvalue weighted by atomic mass is 16.5. The van der Waals surface area contributed by atoms with Gasteiger partial charge in [0.15, 0.2) is 22.8 Å². The summed E-state index contributed by atoms with van der Waals surface area (Å²) in [4.78, 5) is 16.5. The number of anilines is 3. The van der Waals surface area contributed by atoms with E-state index >= 15 is 0 Å². The van der Waals surface area contributed by atoms with Crippen molar-refractivity contribution in [2.24, 2.45) is 0 Å². The van der Waals surface area contributed by atoms with E-state index < -0.39 is 6.10 Å². The molecule has 7 N–H and O–H groups in total. The van der Waals surface area contributed by atoms with Crippen LogP contribution in [0.2, 0.25) is 0 Å². The molecule has 0 aliphatic rings. The van der Waals surface area contributed by atoms with Crippen molar-refractivity contribution in [3.63, 3.8) is 0 Å². The van der Waals surface area contributed by atoms with E-state index in [0.717, 1.165) is 5.56 Å². The Labute approximate surface area is 137 Å². The van der Waals surface area contributed by atoms with Gasteiger partial charge in [0.05, 0.1) is 6.10 Å². The SMILES string of the molecule is CC(O)COc1ccc(-c2nc3c(N)nc(N)nc3nc2N)cc1. The molecule has 0 spiro atoms. The zero-order valence-corrected chi connectivity index (χ0v) is 13.0.